The highest BCUT2D eigenvalue weighted by Crippen LogP contribution is 2.23. The number of carboxylic acids is 1. The molecule has 0 aliphatic heterocycles. The van der Waals surface area contributed by atoms with Crippen LogP contribution in [0.3, 0.4) is 0 Å². The summed E-state index contributed by atoms with van der Waals surface area (Å²) in [5.41, 5.74) is 0.340. The highest BCUT2D eigenvalue weighted by Gasteiger charge is 2.23. The fraction of sp³-hybridized carbons (Fsp3) is 0.533. The number of nitrogens with one attached hydrogen (secondary N) is 2. The van der Waals surface area contributed by atoms with Crippen molar-refractivity contribution in [3.05, 3.63) is 23.8 Å². The predicted octanol–water partition coefficient (Wildman–Crippen LogP) is 2.43. The molecule has 0 unspecified atom stereocenters. The van der Waals surface area contributed by atoms with E-state index in [0.717, 1.165) is 38.5 Å². The van der Waals surface area contributed by atoms with Crippen LogP contribution in [0.4, 0.5) is 5.69 Å². The molecule has 7 heteroatoms. The van der Waals surface area contributed by atoms with Gasteiger partial charge >= 0.3 is 5.97 Å². The number of aromatic carboxylic acids is 1. The van der Waals surface area contributed by atoms with Crippen LogP contribution in [-0.4, -0.2) is 32.6 Å². The van der Waals surface area contributed by atoms with E-state index in [1.165, 1.54) is 18.2 Å². The van der Waals surface area contributed by atoms with E-state index in [-0.39, 0.29) is 16.5 Å². The second-order valence-corrected chi connectivity index (χ2v) is 7.29. The van der Waals surface area contributed by atoms with Crippen molar-refractivity contribution in [1.82, 2.24) is 4.72 Å². The van der Waals surface area contributed by atoms with E-state index in [1.807, 2.05) is 0 Å². The summed E-state index contributed by atoms with van der Waals surface area (Å²) in [7, 11) is -2.10. The summed E-state index contributed by atoms with van der Waals surface area (Å²) in [6.07, 6.45) is 5.98. The lowest BCUT2D eigenvalue weighted by molar-refractivity contribution is 0.0697. The van der Waals surface area contributed by atoms with Gasteiger partial charge in [0, 0.05) is 18.8 Å². The maximum atomic E-state index is 12.5. The van der Waals surface area contributed by atoms with E-state index < -0.39 is 16.0 Å². The third-order valence-corrected chi connectivity index (χ3v) is 5.50. The highest BCUT2D eigenvalue weighted by molar-refractivity contribution is 7.89. The maximum absolute atomic E-state index is 12.5. The molecule has 0 saturated heterocycles. The number of benzene rings is 1. The molecule has 2 rings (SSSR count). The number of sulfonamides is 1. The number of hydrogen-bond donors (Lipinski definition) is 3. The molecule has 1 aliphatic carbocycles. The molecular weight excluding hydrogens is 304 g/mol. The van der Waals surface area contributed by atoms with Crippen LogP contribution in [0, 0.1) is 0 Å². The molecule has 1 aliphatic rings. The lowest BCUT2D eigenvalue weighted by Gasteiger charge is -2.17. The lowest BCUT2D eigenvalue weighted by Crippen LogP contribution is -2.34. The molecule has 1 aromatic carbocycles. The van der Waals surface area contributed by atoms with Crippen LogP contribution in [0.15, 0.2) is 23.1 Å². The van der Waals surface area contributed by atoms with Gasteiger partial charge < -0.3 is 10.4 Å². The average molecular weight is 326 g/mol. The Bertz CT molecular complexity index is 635. The van der Waals surface area contributed by atoms with Gasteiger partial charge in [-0.15, -0.1) is 0 Å². The Labute approximate surface area is 131 Å². The zero-order valence-electron chi connectivity index (χ0n) is 12.6. The van der Waals surface area contributed by atoms with Crippen molar-refractivity contribution in [2.75, 3.05) is 12.4 Å². The van der Waals surface area contributed by atoms with Gasteiger partial charge in [0.2, 0.25) is 10.0 Å². The molecule has 122 valence electrons. The van der Waals surface area contributed by atoms with Gasteiger partial charge in [0.25, 0.3) is 0 Å². The van der Waals surface area contributed by atoms with E-state index in [9.17, 15) is 18.3 Å². The Morgan fingerprint density at radius 2 is 1.82 bits per heavy atom. The van der Waals surface area contributed by atoms with Crippen molar-refractivity contribution in [2.45, 2.75) is 49.5 Å². The molecule has 0 amide bonds. The molecule has 0 atom stereocenters. The summed E-state index contributed by atoms with van der Waals surface area (Å²) in [5, 5.41) is 11.9. The first-order chi connectivity index (χ1) is 10.4. The number of carbonyl (C=O) groups is 1. The van der Waals surface area contributed by atoms with Crippen LogP contribution in [0.1, 0.15) is 48.9 Å². The standard InChI is InChI=1S/C15H22N2O4S/c1-16-14-9-8-12(10-13(14)15(18)19)22(20,21)17-11-6-4-2-3-5-7-11/h8-11,16-17H,2-7H2,1H3,(H,18,19). The Morgan fingerprint density at radius 1 is 1.18 bits per heavy atom. The number of carboxylic acid groups (broad SMARTS) is 1. The number of rotatable bonds is 5. The molecule has 0 spiro atoms. The lowest BCUT2D eigenvalue weighted by atomic mass is 10.1. The van der Waals surface area contributed by atoms with Crippen molar-refractivity contribution in [2.24, 2.45) is 0 Å². The summed E-state index contributed by atoms with van der Waals surface area (Å²) >= 11 is 0. The third kappa shape index (κ3) is 3.98. The van der Waals surface area contributed by atoms with Gasteiger partial charge in [-0.05, 0) is 31.0 Å². The van der Waals surface area contributed by atoms with Crippen LogP contribution in [0.2, 0.25) is 0 Å². The van der Waals surface area contributed by atoms with Gasteiger partial charge in [-0.25, -0.2) is 17.9 Å². The van der Waals surface area contributed by atoms with Crippen LogP contribution in [0.25, 0.3) is 0 Å². The van der Waals surface area contributed by atoms with Gasteiger partial charge in [0.05, 0.1) is 10.5 Å². The number of hydrogen-bond acceptors (Lipinski definition) is 4. The summed E-state index contributed by atoms with van der Waals surface area (Å²) in [4.78, 5) is 11.2. The Kier molecular flexibility index (Phi) is 5.42. The Balaban J connectivity index is 2.25. The number of anilines is 1. The molecule has 0 bridgehead atoms. The maximum Gasteiger partial charge on any atom is 0.337 e. The van der Waals surface area contributed by atoms with Gasteiger partial charge in [0.1, 0.15) is 0 Å². The first-order valence-corrected chi connectivity index (χ1v) is 9.00. The fourth-order valence-corrected chi connectivity index (χ4v) is 4.10. The monoisotopic (exact) mass is 326 g/mol. The van der Waals surface area contributed by atoms with E-state index in [4.69, 9.17) is 0 Å². The van der Waals surface area contributed by atoms with Crippen LogP contribution < -0.4 is 10.0 Å². The molecular formula is C15H22N2O4S. The van der Waals surface area contributed by atoms with E-state index in [2.05, 4.69) is 10.0 Å². The zero-order chi connectivity index (χ0) is 16.2. The normalized spacial score (nSPS) is 17.0. The molecule has 1 aromatic rings. The van der Waals surface area contributed by atoms with Gasteiger partial charge in [0.15, 0.2) is 0 Å². The van der Waals surface area contributed by atoms with Crippen LogP contribution >= 0.6 is 0 Å². The van der Waals surface area contributed by atoms with Crippen molar-refractivity contribution >= 4 is 21.7 Å². The molecule has 1 fully saturated rings. The molecule has 6 nitrogen and oxygen atoms in total. The SMILES string of the molecule is CNc1ccc(S(=O)(=O)NC2CCCCCC2)cc1C(=O)O. The van der Waals surface area contributed by atoms with Crippen molar-refractivity contribution < 1.29 is 18.3 Å². The van der Waals surface area contributed by atoms with E-state index >= 15 is 0 Å². The molecule has 0 heterocycles. The van der Waals surface area contributed by atoms with E-state index in [1.54, 1.807) is 7.05 Å². The van der Waals surface area contributed by atoms with Gasteiger partial charge in [-0.3, -0.25) is 0 Å². The fourth-order valence-electron chi connectivity index (χ4n) is 2.77. The van der Waals surface area contributed by atoms with Crippen LogP contribution in [0.5, 0.6) is 0 Å². The van der Waals surface area contributed by atoms with Crippen molar-refractivity contribution in [1.29, 1.82) is 0 Å². The largest absolute Gasteiger partial charge is 0.478 e. The second kappa shape index (κ2) is 7.11. The van der Waals surface area contributed by atoms with Crippen molar-refractivity contribution in [3.8, 4) is 0 Å². The van der Waals surface area contributed by atoms with Crippen molar-refractivity contribution in [3.63, 3.8) is 0 Å². The molecule has 3 N–H and O–H groups in total. The first-order valence-electron chi connectivity index (χ1n) is 7.51. The zero-order valence-corrected chi connectivity index (χ0v) is 13.4. The minimum absolute atomic E-state index is 0.00635. The molecule has 22 heavy (non-hydrogen) atoms. The van der Waals surface area contributed by atoms with Gasteiger partial charge in [-0.2, -0.15) is 0 Å². The molecule has 0 aromatic heterocycles. The Morgan fingerprint density at radius 3 is 2.36 bits per heavy atom. The first kappa shape index (κ1) is 16.8. The van der Waals surface area contributed by atoms with Crippen LogP contribution in [-0.2, 0) is 10.0 Å². The minimum atomic E-state index is -3.70. The second-order valence-electron chi connectivity index (χ2n) is 5.57. The summed E-state index contributed by atoms with van der Waals surface area (Å²) in [6, 6.07) is 4.04. The topological polar surface area (TPSA) is 95.5 Å². The highest BCUT2D eigenvalue weighted by atomic mass is 32.2. The average Bonchev–Trinajstić information content (AvgIpc) is 2.74. The van der Waals surface area contributed by atoms with Gasteiger partial charge in [-0.1, -0.05) is 25.7 Å². The smallest absolute Gasteiger partial charge is 0.337 e. The third-order valence-electron chi connectivity index (χ3n) is 3.98. The molecule has 0 radical (unpaired) electrons. The quantitative estimate of drug-likeness (QED) is 0.722. The predicted molar refractivity (Wildman–Crippen MR) is 84.8 cm³/mol. The Hall–Kier alpha value is -1.60. The summed E-state index contributed by atoms with van der Waals surface area (Å²) < 4.78 is 27.6. The summed E-state index contributed by atoms with van der Waals surface area (Å²) in [6.45, 7) is 0. The summed E-state index contributed by atoms with van der Waals surface area (Å²) in [5.74, 6) is -1.16. The minimum Gasteiger partial charge on any atom is -0.478 e. The molecule has 1 saturated carbocycles. The van der Waals surface area contributed by atoms with E-state index in [0.29, 0.717) is 5.69 Å².